The van der Waals surface area contributed by atoms with Gasteiger partial charge in [0.05, 0.1) is 6.17 Å². The van der Waals surface area contributed by atoms with Crippen molar-refractivity contribution in [3.63, 3.8) is 0 Å². The molecule has 0 aromatic rings. The summed E-state index contributed by atoms with van der Waals surface area (Å²) < 4.78 is 0. The molecule has 0 N–H and O–H groups in total. The minimum Gasteiger partial charge on any atom is -0.345 e. The van der Waals surface area contributed by atoms with Crippen molar-refractivity contribution in [2.45, 2.75) is 39.3 Å². The normalized spacial score (nSPS) is 23.6. The molecule has 1 radical (unpaired) electrons. The molecule has 1 aliphatic rings. The molecule has 1 heterocycles. The van der Waals surface area contributed by atoms with E-state index in [4.69, 9.17) is 12.2 Å². The number of hydrogen-bond acceptors (Lipinski definition) is 2. The van der Waals surface area contributed by atoms with Crippen molar-refractivity contribution in [1.82, 2.24) is 9.80 Å². The molecule has 1 unspecified atom stereocenters. The van der Waals surface area contributed by atoms with Gasteiger partial charge in [0.1, 0.15) is 5.49 Å². The van der Waals surface area contributed by atoms with Crippen LogP contribution in [0.2, 0.25) is 0 Å². The van der Waals surface area contributed by atoms with Gasteiger partial charge in [-0.05, 0) is 32.4 Å². The molecule has 2 nitrogen and oxygen atoms in total. The smallest absolute Gasteiger partial charge is 0.138 e. The quantitative estimate of drug-likeness (QED) is 0.639. The molecule has 3 heteroatoms. The van der Waals surface area contributed by atoms with Gasteiger partial charge in [0, 0.05) is 6.54 Å². The maximum Gasteiger partial charge on any atom is 0.138 e. The summed E-state index contributed by atoms with van der Waals surface area (Å²) in [7, 11) is 0. The van der Waals surface area contributed by atoms with Crippen molar-refractivity contribution in [2.24, 2.45) is 0 Å². The topological polar surface area (TPSA) is 6.48 Å². The van der Waals surface area contributed by atoms with Gasteiger partial charge in [-0.3, -0.25) is 4.90 Å². The van der Waals surface area contributed by atoms with Gasteiger partial charge in [-0.1, -0.05) is 26.1 Å². The Morgan fingerprint density at radius 2 is 2.08 bits per heavy atom. The summed E-state index contributed by atoms with van der Waals surface area (Å²) in [5.74, 6) is 0. The van der Waals surface area contributed by atoms with Crippen LogP contribution in [-0.4, -0.2) is 41.1 Å². The predicted octanol–water partition coefficient (Wildman–Crippen LogP) is 1.97. The van der Waals surface area contributed by atoms with Gasteiger partial charge in [-0.2, -0.15) is 0 Å². The maximum atomic E-state index is 4.91. The van der Waals surface area contributed by atoms with Crippen LogP contribution in [-0.2, 0) is 0 Å². The van der Waals surface area contributed by atoms with Crippen LogP contribution in [0.4, 0.5) is 0 Å². The Morgan fingerprint density at radius 3 is 2.62 bits per heavy atom. The Morgan fingerprint density at radius 1 is 1.38 bits per heavy atom. The first-order valence-electron chi connectivity index (χ1n) is 5.22. The average Bonchev–Trinajstić information content (AvgIpc) is 2.20. The summed E-state index contributed by atoms with van der Waals surface area (Å²) in [6.07, 6.45) is 4.35. The van der Waals surface area contributed by atoms with E-state index in [2.05, 4.69) is 29.1 Å². The number of nitrogens with zero attached hydrogens (tertiary/aromatic N) is 2. The second-order valence-electron chi connectivity index (χ2n) is 3.48. The molecule has 1 fully saturated rings. The van der Waals surface area contributed by atoms with Crippen molar-refractivity contribution < 1.29 is 0 Å². The molecular formula is C10H19N2S. The standard InChI is InChI=1S/C10H19N2S/c1-3-11(4-2)10-7-5-6-8-12(10)9-13/h10H,3-8H2,1-2H3. The van der Waals surface area contributed by atoms with Gasteiger partial charge < -0.3 is 4.90 Å². The molecule has 0 aromatic carbocycles. The van der Waals surface area contributed by atoms with Crippen molar-refractivity contribution in [3.05, 3.63) is 0 Å². The van der Waals surface area contributed by atoms with Crippen molar-refractivity contribution in [2.75, 3.05) is 19.6 Å². The Kier molecular flexibility index (Phi) is 4.67. The van der Waals surface area contributed by atoms with Crippen LogP contribution in [0, 0.1) is 0 Å². The lowest BCUT2D eigenvalue weighted by atomic mass is 10.1. The van der Waals surface area contributed by atoms with Gasteiger partial charge in [-0.15, -0.1) is 0 Å². The summed E-state index contributed by atoms with van der Waals surface area (Å²) in [6, 6.07) is 0. The zero-order chi connectivity index (χ0) is 9.68. The Labute approximate surface area is 86.9 Å². The summed E-state index contributed by atoms with van der Waals surface area (Å²) in [5, 5.41) is 0. The molecule has 0 aliphatic carbocycles. The fraction of sp³-hybridized carbons (Fsp3) is 0.900. The van der Waals surface area contributed by atoms with Crippen molar-refractivity contribution in [1.29, 1.82) is 0 Å². The van der Waals surface area contributed by atoms with E-state index in [9.17, 15) is 0 Å². The van der Waals surface area contributed by atoms with E-state index < -0.39 is 0 Å². The molecule has 0 spiro atoms. The maximum absolute atomic E-state index is 4.91. The first-order valence-corrected chi connectivity index (χ1v) is 5.62. The van der Waals surface area contributed by atoms with Crippen LogP contribution in [0.5, 0.6) is 0 Å². The average molecular weight is 199 g/mol. The summed E-state index contributed by atoms with van der Waals surface area (Å²) in [6.45, 7) is 7.72. The third kappa shape index (κ3) is 2.64. The monoisotopic (exact) mass is 199 g/mol. The number of rotatable bonds is 4. The zero-order valence-electron chi connectivity index (χ0n) is 8.62. The molecule has 1 aliphatic heterocycles. The fourth-order valence-electron chi connectivity index (χ4n) is 2.05. The molecule has 13 heavy (non-hydrogen) atoms. The molecule has 75 valence electrons. The summed E-state index contributed by atoms with van der Waals surface area (Å²) >= 11 is 4.91. The molecular weight excluding hydrogens is 180 g/mol. The highest BCUT2D eigenvalue weighted by Gasteiger charge is 2.24. The van der Waals surface area contributed by atoms with Crippen LogP contribution in [0.3, 0.4) is 0 Å². The number of piperidine rings is 1. The van der Waals surface area contributed by atoms with Gasteiger partial charge in [0.25, 0.3) is 0 Å². The SMILES string of the molecule is CCN(CC)C1CCCCN1[C]=S. The fourth-order valence-corrected chi connectivity index (χ4v) is 2.26. The molecule has 0 bridgehead atoms. The van der Waals surface area contributed by atoms with E-state index in [1.54, 1.807) is 0 Å². The predicted molar refractivity (Wildman–Crippen MR) is 59.9 cm³/mol. The molecule has 0 amide bonds. The Bertz CT molecular complexity index is 157. The van der Waals surface area contributed by atoms with Gasteiger partial charge in [0.2, 0.25) is 0 Å². The lowest BCUT2D eigenvalue weighted by Crippen LogP contribution is -2.49. The van der Waals surface area contributed by atoms with Gasteiger partial charge in [0.15, 0.2) is 0 Å². The Hall–Kier alpha value is -0.150. The van der Waals surface area contributed by atoms with Crippen LogP contribution < -0.4 is 0 Å². The first-order chi connectivity index (χ1) is 6.33. The molecule has 0 aromatic heterocycles. The van der Waals surface area contributed by atoms with E-state index in [1.807, 2.05) is 0 Å². The van der Waals surface area contributed by atoms with Crippen LogP contribution in [0.25, 0.3) is 0 Å². The largest absolute Gasteiger partial charge is 0.345 e. The minimum absolute atomic E-state index is 0.515. The highest BCUT2D eigenvalue weighted by molar-refractivity contribution is 7.78. The van der Waals surface area contributed by atoms with Crippen LogP contribution in [0.15, 0.2) is 0 Å². The minimum atomic E-state index is 0.515. The summed E-state index contributed by atoms with van der Waals surface area (Å²) in [5.41, 5.74) is 2.88. The summed E-state index contributed by atoms with van der Waals surface area (Å²) in [4.78, 5) is 4.64. The highest BCUT2D eigenvalue weighted by atomic mass is 32.1. The molecule has 1 atom stereocenters. The lowest BCUT2D eigenvalue weighted by molar-refractivity contribution is 0.0751. The van der Waals surface area contributed by atoms with E-state index in [-0.39, 0.29) is 0 Å². The van der Waals surface area contributed by atoms with Crippen LogP contribution in [0.1, 0.15) is 33.1 Å². The second kappa shape index (κ2) is 5.55. The van der Waals surface area contributed by atoms with Gasteiger partial charge in [-0.25, -0.2) is 0 Å². The van der Waals surface area contributed by atoms with E-state index in [0.717, 1.165) is 19.6 Å². The molecule has 1 rings (SSSR count). The van der Waals surface area contributed by atoms with E-state index in [1.165, 1.54) is 19.3 Å². The lowest BCUT2D eigenvalue weighted by Gasteiger charge is -2.40. The third-order valence-electron chi connectivity index (χ3n) is 2.82. The number of hydrogen-bond donors (Lipinski definition) is 0. The zero-order valence-corrected chi connectivity index (χ0v) is 9.44. The van der Waals surface area contributed by atoms with E-state index >= 15 is 0 Å². The Balaban J connectivity index is 2.56. The van der Waals surface area contributed by atoms with Gasteiger partial charge >= 0.3 is 0 Å². The number of thiocarbonyl (C=S) groups is 1. The third-order valence-corrected chi connectivity index (χ3v) is 3.06. The second-order valence-corrected chi connectivity index (χ2v) is 3.66. The first kappa shape index (κ1) is 10.9. The number of likely N-dealkylation sites (tertiary alicyclic amines) is 1. The molecule has 0 saturated carbocycles. The molecule has 1 saturated heterocycles. The van der Waals surface area contributed by atoms with Crippen molar-refractivity contribution in [3.8, 4) is 0 Å². The van der Waals surface area contributed by atoms with Crippen LogP contribution >= 0.6 is 12.2 Å². The van der Waals surface area contributed by atoms with Crippen molar-refractivity contribution >= 4 is 17.7 Å². The van der Waals surface area contributed by atoms with E-state index in [0.29, 0.717) is 6.17 Å². The highest BCUT2D eigenvalue weighted by Crippen LogP contribution is 2.18.